The Kier molecular flexibility index (Phi) is 40.8. The molecular formula is C83H84F5N14O9Pd-. The molecule has 5 aromatic carbocycles. The second-order valence-corrected chi connectivity index (χ2v) is 23.3. The number of ketones is 4. The summed E-state index contributed by atoms with van der Waals surface area (Å²) in [4.78, 5) is 104. The van der Waals surface area contributed by atoms with Crippen LogP contribution in [0.25, 0.3) is 44.8 Å². The van der Waals surface area contributed by atoms with Gasteiger partial charge < -0.3 is 39.1 Å². The Balaban J connectivity index is 0.000000280. The number of likely N-dealkylation sites (N-methyl/N-ethyl adjacent to an activating group) is 2. The number of hydrogen-bond donors (Lipinski definition) is 7. The molecule has 8 N–H and O–H groups in total. The zero-order valence-electron chi connectivity index (χ0n) is 62.2. The number of aryl methyl sites for hydroxylation is 1. The molecule has 586 valence electrons. The van der Waals surface area contributed by atoms with E-state index in [9.17, 15) is 55.5 Å². The number of hydroxylamine groups is 2. The number of nitrogens with one attached hydrogen (secondary N) is 5. The van der Waals surface area contributed by atoms with Crippen LogP contribution in [0.5, 0.6) is 0 Å². The standard InChI is InChI=1S/C16H15FN4.C16H15FN2O2.C15H13FN4.C13H10FNO.C8H7FO.C7H10N2O4.C6H7N.CH4O.CH3.Pd/c1-18-10-14-15(11-6-8-19-9-7-11)16(21-20-14)12-2-4-13(17)5-3-12;1-18-10-14(20)15(11-6-8-19-9-7-11)16(21)12-2-4-13(17)5-3-12;16-12-3-1-11(2-4-12)15-14(13(9-17)19-20-15)10-5-7-18-8-6-10;14-12-3-1-11(2-4-12)13(16)9-10-5-7-15-8-6-10;1-6(10)7-2-4-8(9)5-3-7;1-8-4-7(12)13-9-5(10)2-3-6(9)11;1-6-2-4-7-5-3-6;1-2;;/h2-9,18H,10H2,1H3,(H,20,21);2-9,15,18H,10H2,1H3;1-8H,9,17H2,(H,19,20);1-8H,9H2;2-5H,1H3;8H,2-4H2,1H3;2-5H,1H3;2H,1H3;1H3;/q;;;;;;;;-1;. The van der Waals surface area contributed by atoms with E-state index in [4.69, 9.17) is 10.8 Å². The van der Waals surface area contributed by atoms with Crippen molar-refractivity contribution in [3.63, 3.8) is 0 Å². The van der Waals surface area contributed by atoms with Gasteiger partial charge in [0.2, 0.25) is 0 Å². The Morgan fingerprint density at radius 1 is 0.491 bits per heavy atom. The molecule has 13 rings (SSSR count). The first-order valence-electron chi connectivity index (χ1n) is 33.9. The maximum absolute atomic E-state index is 13.1. The molecule has 7 aromatic heterocycles. The van der Waals surface area contributed by atoms with Crippen LogP contribution >= 0.6 is 0 Å². The first-order valence-corrected chi connectivity index (χ1v) is 33.9. The molecule has 0 aliphatic carbocycles. The molecule has 1 saturated heterocycles. The minimum absolute atomic E-state index is 0. The Morgan fingerprint density at radius 2 is 0.857 bits per heavy atom. The molecule has 1 fully saturated rings. The van der Waals surface area contributed by atoms with E-state index in [1.807, 2.05) is 50.4 Å². The number of aromatic amines is 2. The zero-order chi connectivity index (χ0) is 79.7. The van der Waals surface area contributed by atoms with Crippen LogP contribution in [0.3, 0.4) is 0 Å². The van der Waals surface area contributed by atoms with E-state index in [-0.39, 0.29) is 100 Å². The number of hydrogen-bond acceptors (Lipinski definition) is 20. The van der Waals surface area contributed by atoms with Crippen LogP contribution in [0.1, 0.15) is 84.8 Å². The van der Waals surface area contributed by atoms with E-state index in [1.54, 1.807) is 112 Å². The summed E-state index contributed by atoms with van der Waals surface area (Å²) in [6.45, 7) is 4.57. The van der Waals surface area contributed by atoms with Gasteiger partial charge in [-0.15, -0.1) is 5.06 Å². The van der Waals surface area contributed by atoms with Crippen LogP contribution < -0.4 is 21.7 Å². The molecular weight excluding hydrogens is 1540 g/mol. The summed E-state index contributed by atoms with van der Waals surface area (Å²) in [5.74, 6) is -4.73. The van der Waals surface area contributed by atoms with E-state index < -0.39 is 29.5 Å². The molecule has 0 saturated carbocycles. The number of benzene rings is 5. The smallest absolute Gasteiger partial charge is 0.346 e. The Labute approximate surface area is 658 Å². The van der Waals surface area contributed by atoms with Crippen molar-refractivity contribution in [2.24, 2.45) is 5.73 Å². The van der Waals surface area contributed by atoms with Crippen molar-refractivity contribution in [2.75, 3.05) is 41.3 Å². The van der Waals surface area contributed by atoms with Gasteiger partial charge in [-0.2, -0.15) is 10.2 Å². The van der Waals surface area contributed by atoms with Crippen molar-refractivity contribution in [1.29, 1.82) is 0 Å². The quantitative estimate of drug-likeness (QED) is 0.00931. The number of aromatic nitrogens is 9. The van der Waals surface area contributed by atoms with Gasteiger partial charge in [-0.05, 0) is 245 Å². The number of aliphatic hydroxyl groups is 1. The molecule has 0 spiro atoms. The predicted molar refractivity (Wildman–Crippen MR) is 411 cm³/mol. The van der Waals surface area contributed by atoms with Crippen LogP contribution in [0, 0.1) is 43.4 Å². The minimum atomic E-state index is -0.911. The number of imide groups is 1. The summed E-state index contributed by atoms with van der Waals surface area (Å²) in [5, 5.41) is 30.7. The molecule has 1 aliphatic heterocycles. The molecule has 0 radical (unpaired) electrons. The molecule has 2 amide bonds. The van der Waals surface area contributed by atoms with Crippen LogP contribution in [0.15, 0.2) is 244 Å². The number of aliphatic hydroxyl groups excluding tert-OH is 1. The molecule has 112 heavy (non-hydrogen) atoms. The third-order valence-electron chi connectivity index (χ3n) is 15.4. The predicted octanol–water partition coefficient (Wildman–Crippen LogP) is 12.6. The van der Waals surface area contributed by atoms with E-state index in [0.717, 1.165) is 68.8 Å². The van der Waals surface area contributed by atoms with Crippen molar-refractivity contribution in [3.05, 3.63) is 325 Å². The van der Waals surface area contributed by atoms with Crippen molar-refractivity contribution < 1.29 is 85.9 Å². The number of H-pyrrole nitrogens is 2. The van der Waals surface area contributed by atoms with Gasteiger partial charge in [0, 0.05) is 161 Å². The fourth-order valence-electron chi connectivity index (χ4n) is 10.1. The van der Waals surface area contributed by atoms with Gasteiger partial charge in [-0.3, -0.25) is 63.9 Å². The van der Waals surface area contributed by atoms with Gasteiger partial charge in [0.1, 0.15) is 46.4 Å². The number of amides is 2. The number of nitrogens with zero attached hydrogens (tertiary/aromatic N) is 8. The molecule has 23 nitrogen and oxygen atoms in total. The Bertz CT molecular complexity index is 4800. The molecule has 8 heterocycles. The van der Waals surface area contributed by atoms with Crippen LogP contribution in [-0.4, -0.2) is 138 Å². The fourth-order valence-corrected chi connectivity index (χ4v) is 10.1. The second kappa shape index (κ2) is 49.7. The fraction of sp³-hybridized carbons (Fsp3) is 0.169. The second-order valence-electron chi connectivity index (χ2n) is 23.3. The normalized spacial score (nSPS) is 11.0. The van der Waals surface area contributed by atoms with E-state index >= 15 is 0 Å². The maximum Gasteiger partial charge on any atom is 0.346 e. The number of rotatable bonds is 20. The van der Waals surface area contributed by atoms with Crippen LogP contribution in [-0.2, 0) is 63.9 Å². The van der Waals surface area contributed by atoms with Gasteiger partial charge >= 0.3 is 5.97 Å². The number of Topliss-reactive ketones (excluding diaryl/α,β-unsaturated/α-hetero) is 4. The molecule has 1 atom stereocenters. The zero-order valence-corrected chi connectivity index (χ0v) is 63.8. The summed E-state index contributed by atoms with van der Waals surface area (Å²) >= 11 is 0. The van der Waals surface area contributed by atoms with Gasteiger partial charge in [-0.25, -0.2) is 26.7 Å². The summed E-state index contributed by atoms with van der Waals surface area (Å²) in [5.41, 5.74) is 19.0. The number of carbonyl (C=O) groups excluding carboxylic acids is 7. The van der Waals surface area contributed by atoms with E-state index in [1.165, 1.54) is 122 Å². The summed E-state index contributed by atoms with van der Waals surface area (Å²) in [7, 11) is 6.09. The van der Waals surface area contributed by atoms with Crippen molar-refractivity contribution >= 4 is 40.9 Å². The van der Waals surface area contributed by atoms with Crippen molar-refractivity contribution in [2.45, 2.75) is 52.1 Å². The monoisotopic (exact) mass is 1620 g/mol. The average Bonchev–Trinajstić information content (AvgIpc) is 1.65. The van der Waals surface area contributed by atoms with Gasteiger partial charge in [0.25, 0.3) is 11.8 Å². The molecule has 1 aliphatic rings. The van der Waals surface area contributed by atoms with E-state index in [0.29, 0.717) is 46.8 Å². The van der Waals surface area contributed by atoms with Gasteiger partial charge in [0.15, 0.2) is 23.1 Å². The van der Waals surface area contributed by atoms with Crippen LogP contribution in [0.2, 0.25) is 0 Å². The molecule has 0 bridgehead atoms. The van der Waals surface area contributed by atoms with Crippen LogP contribution in [0.4, 0.5) is 22.0 Å². The SMILES string of the molecule is CC(=O)c1ccc(F)cc1.CNCC(=O)C(C(=O)c1ccc(F)cc1)c1ccncc1.CNCC(=O)ON1C(=O)CCC1=O.CNCc1[nH]nc(-c2ccc(F)cc2)c1-c1ccncc1.CO.Cc1ccncc1.NCc1[nH]nc(-c2ccc(F)cc2)c1-c1ccncc1.O=C(Cc1ccncc1)c1ccc(F)cc1.[CH3-].[Pd]. The molecule has 29 heteroatoms. The minimum Gasteiger partial charge on any atom is -0.400 e. The molecule has 1 unspecified atom stereocenters. The van der Waals surface area contributed by atoms with Gasteiger partial charge in [0.05, 0.1) is 24.5 Å². The topological polar surface area (TPSA) is 336 Å². The van der Waals surface area contributed by atoms with Crippen molar-refractivity contribution in [3.8, 4) is 44.8 Å². The number of nitrogens with two attached hydrogens (primary N) is 1. The average molecular weight is 1620 g/mol. The number of carbonyl (C=O) groups is 7. The number of halogens is 5. The van der Waals surface area contributed by atoms with E-state index in [2.05, 4.69) is 66.1 Å². The third kappa shape index (κ3) is 29.6. The van der Waals surface area contributed by atoms with Gasteiger partial charge in [-0.1, -0.05) is 0 Å². The maximum atomic E-state index is 13.1. The largest absolute Gasteiger partial charge is 0.400 e. The third-order valence-corrected chi connectivity index (χ3v) is 15.4. The summed E-state index contributed by atoms with van der Waals surface area (Å²) in [6.07, 6.45) is 17.4. The number of pyridine rings is 5. The van der Waals surface area contributed by atoms with Crippen molar-refractivity contribution in [1.82, 2.24) is 66.3 Å². The molecule has 12 aromatic rings. The summed E-state index contributed by atoms with van der Waals surface area (Å²) < 4.78 is 64.0. The Morgan fingerprint density at radius 3 is 1.24 bits per heavy atom. The first kappa shape index (κ1) is 92.1. The first-order chi connectivity index (χ1) is 53.2. The summed E-state index contributed by atoms with van der Waals surface area (Å²) in [6, 6.07) is 47.4. The Hall–Kier alpha value is -12.3.